The lowest BCUT2D eigenvalue weighted by atomic mass is 10.0. The first kappa shape index (κ1) is 21.3. The van der Waals surface area contributed by atoms with Crippen molar-refractivity contribution >= 4 is 23.3 Å². The topological polar surface area (TPSA) is 84.8 Å². The zero-order valence-corrected chi connectivity index (χ0v) is 17.6. The molecule has 3 heterocycles. The number of anilines is 3. The maximum atomic E-state index is 13.6. The number of piperidine rings is 1. The summed E-state index contributed by atoms with van der Waals surface area (Å²) in [6.07, 6.45) is 3.83. The molecule has 0 spiro atoms. The zero-order valence-electron chi connectivity index (χ0n) is 17.6. The molecule has 0 amide bonds. The highest BCUT2D eigenvalue weighted by Crippen LogP contribution is 2.23. The molecule has 1 aromatic heterocycles. The highest BCUT2D eigenvalue weighted by Gasteiger charge is 2.22. The number of hydrogen-bond donors (Lipinski definition) is 2. The van der Waals surface area contributed by atoms with Gasteiger partial charge in [0.05, 0.1) is 6.42 Å². The highest BCUT2D eigenvalue weighted by atomic mass is 19.1. The fraction of sp³-hybridized carbons (Fsp3) is 0.500. The first-order valence-corrected chi connectivity index (χ1v) is 10.8. The number of hydrogen-bond acceptors (Lipinski definition) is 7. The van der Waals surface area contributed by atoms with Gasteiger partial charge in [0.25, 0.3) is 0 Å². The number of aliphatic carboxylic acids is 1. The molecule has 2 aliphatic rings. The van der Waals surface area contributed by atoms with Crippen LogP contribution in [0.4, 0.5) is 21.7 Å². The van der Waals surface area contributed by atoms with Crippen molar-refractivity contribution in [1.82, 2.24) is 14.9 Å². The van der Waals surface area contributed by atoms with E-state index in [-0.39, 0.29) is 18.3 Å². The normalized spacial score (nSPS) is 20.0. The summed E-state index contributed by atoms with van der Waals surface area (Å²) in [6, 6.07) is 8.96. The predicted octanol–water partition coefficient (Wildman–Crippen LogP) is 2.29. The van der Waals surface area contributed by atoms with Crippen molar-refractivity contribution in [2.75, 3.05) is 60.9 Å². The van der Waals surface area contributed by atoms with Crippen LogP contribution in [0.5, 0.6) is 0 Å². The Morgan fingerprint density at radius 1 is 1.13 bits per heavy atom. The van der Waals surface area contributed by atoms with Crippen LogP contribution in [0.15, 0.2) is 36.7 Å². The molecular weight excluding hydrogens is 399 g/mol. The third-order valence-electron chi connectivity index (χ3n) is 5.94. The standard InChI is InChI=1S/C22H29FN6O2/c23-17-3-1-5-19(13-17)29-7-2-4-18(15-29)26-20-14-21(25-16-24-20)28-11-9-27(10-12-28)8-6-22(30)31/h1,3,5,13-14,16,18H,2,4,6-12,15H2,(H,30,31)(H,24,25,26)/t18-/m1/s1. The molecule has 2 fully saturated rings. The molecule has 0 unspecified atom stereocenters. The van der Waals surface area contributed by atoms with Crippen molar-refractivity contribution in [2.24, 2.45) is 0 Å². The minimum atomic E-state index is -0.757. The van der Waals surface area contributed by atoms with E-state index >= 15 is 0 Å². The Balaban J connectivity index is 1.33. The minimum absolute atomic E-state index is 0.176. The van der Waals surface area contributed by atoms with Crippen LogP contribution < -0.4 is 15.1 Å². The van der Waals surface area contributed by atoms with Gasteiger partial charge in [0, 0.05) is 63.6 Å². The second-order valence-electron chi connectivity index (χ2n) is 8.14. The number of nitrogens with one attached hydrogen (secondary N) is 1. The number of nitrogens with zero attached hydrogens (tertiary/aromatic N) is 5. The Labute approximate surface area is 181 Å². The smallest absolute Gasteiger partial charge is 0.304 e. The molecule has 1 atom stereocenters. The third kappa shape index (κ3) is 5.81. The first-order chi connectivity index (χ1) is 15.1. The largest absolute Gasteiger partial charge is 0.481 e. The first-order valence-electron chi connectivity index (χ1n) is 10.8. The van der Waals surface area contributed by atoms with Crippen LogP contribution in [0.1, 0.15) is 19.3 Å². The summed E-state index contributed by atoms with van der Waals surface area (Å²) in [7, 11) is 0. The summed E-state index contributed by atoms with van der Waals surface area (Å²) in [5.41, 5.74) is 0.913. The van der Waals surface area contributed by atoms with Crippen LogP contribution >= 0.6 is 0 Å². The molecular formula is C22H29FN6O2. The van der Waals surface area contributed by atoms with Crippen molar-refractivity contribution in [3.05, 3.63) is 42.5 Å². The zero-order chi connectivity index (χ0) is 21.6. The molecule has 9 heteroatoms. The molecule has 2 aliphatic heterocycles. The van der Waals surface area contributed by atoms with Gasteiger partial charge in [-0.15, -0.1) is 0 Å². The summed E-state index contributed by atoms with van der Waals surface area (Å²) in [5.74, 6) is 0.710. The Morgan fingerprint density at radius 2 is 1.97 bits per heavy atom. The van der Waals surface area contributed by atoms with Crippen LogP contribution in [-0.4, -0.2) is 77.8 Å². The number of carboxylic acid groups (broad SMARTS) is 1. The number of rotatable bonds is 7. The third-order valence-corrected chi connectivity index (χ3v) is 5.94. The van der Waals surface area contributed by atoms with Crippen LogP contribution in [0.25, 0.3) is 0 Å². The van der Waals surface area contributed by atoms with Crippen molar-refractivity contribution < 1.29 is 14.3 Å². The molecule has 0 radical (unpaired) electrons. The number of carbonyl (C=O) groups is 1. The SMILES string of the molecule is O=C(O)CCN1CCN(c2cc(N[C@@H]3CCCN(c4cccc(F)c4)C3)ncn2)CC1. The molecule has 2 aromatic rings. The number of benzene rings is 1. The van der Waals surface area contributed by atoms with Gasteiger partial charge < -0.3 is 20.2 Å². The lowest BCUT2D eigenvalue weighted by Crippen LogP contribution is -2.47. The molecule has 1 aromatic carbocycles. The maximum absolute atomic E-state index is 13.6. The van der Waals surface area contributed by atoms with Crippen LogP contribution in [0.2, 0.25) is 0 Å². The van der Waals surface area contributed by atoms with Gasteiger partial charge in [-0.05, 0) is 31.0 Å². The summed E-state index contributed by atoms with van der Waals surface area (Å²) < 4.78 is 13.6. The van der Waals surface area contributed by atoms with E-state index in [1.807, 2.05) is 12.1 Å². The van der Waals surface area contributed by atoms with E-state index < -0.39 is 5.97 Å². The van der Waals surface area contributed by atoms with Gasteiger partial charge in [0.1, 0.15) is 23.8 Å². The van der Waals surface area contributed by atoms with Crippen molar-refractivity contribution in [3.63, 3.8) is 0 Å². The number of halogens is 1. The van der Waals surface area contributed by atoms with E-state index in [0.29, 0.717) is 6.54 Å². The van der Waals surface area contributed by atoms with E-state index in [4.69, 9.17) is 5.11 Å². The number of aromatic nitrogens is 2. The van der Waals surface area contributed by atoms with E-state index in [1.54, 1.807) is 18.5 Å². The van der Waals surface area contributed by atoms with Gasteiger partial charge in [-0.25, -0.2) is 14.4 Å². The van der Waals surface area contributed by atoms with Crippen molar-refractivity contribution in [3.8, 4) is 0 Å². The summed E-state index contributed by atoms with van der Waals surface area (Å²) in [5, 5.41) is 12.4. The predicted molar refractivity (Wildman–Crippen MR) is 118 cm³/mol. The van der Waals surface area contributed by atoms with E-state index in [1.165, 1.54) is 6.07 Å². The lowest BCUT2D eigenvalue weighted by Gasteiger charge is -2.36. The van der Waals surface area contributed by atoms with E-state index in [9.17, 15) is 9.18 Å². The molecule has 2 N–H and O–H groups in total. The number of piperazine rings is 1. The van der Waals surface area contributed by atoms with Crippen LogP contribution in [0, 0.1) is 5.82 Å². The van der Waals surface area contributed by atoms with Crippen molar-refractivity contribution in [1.29, 1.82) is 0 Å². The average Bonchev–Trinajstić information content (AvgIpc) is 2.78. The minimum Gasteiger partial charge on any atom is -0.481 e. The monoisotopic (exact) mass is 428 g/mol. The number of carboxylic acids is 1. The van der Waals surface area contributed by atoms with Gasteiger partial charge in [-0.1, -0.05) is 6.07 Å². The second-order valence-corrected chi connectivity index (χ2v) is 8.14. The lowest BCUT2D eigenvalue weighted by molar-refractivity contribution is -0.137. The van der Waals surface area contributed by atoms with Gasteiger partial charge in [-0.2, -0.15) is 0 Å². The fourth-order valence-electron chi connectivity index (χ4n) is 4.26. The molecule has 0 bridgehead atoms. The van der Waals surface area contributed by atoms with Crippen LogP contribution in [-0.2, 0) is 4.79 Å². The second kappa shape index (κ2) is 9.91. The fourth-order valence-corrected chi connectivity index (χ4v) is 4.26. The Hall–Kier alpha value is -2.94. The summed E-state index contributed by atoms with van der Waals surface area (Å²) >= 11 is 0. The Kier molecular flexibility index (Phi) is 6.81. The Morgan fingerprint density at radius 3 is 2.74 bits per heavy atom. The molecule has 166 valence electrons. The summed E-state index contributed by atoms with van der Waals surface area (Å²) in [4.78, 5) is 26.2. The van der Waals surface area contributed by atoms with Gasteiger partial charge >= 0.3 is 5.97 Å². The molecule has 0 aliphatic carbocycles. The summed E-state index contributed by atoms with van der Waals surface area (Å²) in [6.45, 7) is 5.58. The maximum Gasteiger partial charge on any atom is 0.304 e. The molecule has 4 rings (SSSR count). The van der Waals surface area contributed by atoms with E-state index in [0.717, 1.165) is 69.4 Å². The molecule has 8 nitrogen and oxygen atoms in total. The van der Waals surface area contributed by atoms with E-state index in [2.05, 4.69) is 30.0 Å². The van der Waals surface area contributed by atoms with Gasteiger partial charge in [-0.3, -0.25) is 9.69 Å². The van der Waals surface area contributed by atoms with Crippen LogP contribution in [0.3, 0.4) is 0 Å². The molecule has 2 saturated heterocycles. The molecule has 0 saturated carbocycles. The quantitative estimate of drug-likeness (QED) is 0.695. The van der Waals surface area contributed by atoms with Crippen molar-refractivity contribution in [2.45, 2.75) is 25.3 Å². The molecule has 31 heavy (non-hydrogen) atoms. The Bertz CT molecular complexity index is 890. The van der Waals surface area contributed by atoms with Gasteiger partial charge in [0.15, 0.2) is 0 Å². The van der Waals surface area contributed by atoms with Gasteiger partial charge in [0.2, 0.25) is 0 Å². The highest BCUT2D eigenvalue weighted by molar-refractivity contribution is 5.66. The average molecular weight is 429 g/mol.